The first-order valence-corrected chi connectivity index (χ1v) is 8.45. The summed E-state index contributed by atoms with van der Waals surface area (Å²) in [7, 11) is 3.31. The van der Waals surface area contributed by atoms with Gasteiger partial charge in [0.15, 0.2) is 17.3 Å². The van der Waals surface area contributed by atoms with E-state index in [1.807, 2.05) is 12.1 Å². The quantitative estimate of drug-likeness (QED) is 0.913. The summed E-state index contributed by atoms with van der Waals surface area (Å²) in [4.78, 5) is 12.2. The summed E-state index contributed by atoms with van der Waals surface area (Å²) in [5.41, 5.74) is 0.702. The average Bonchev–Trinajstić information content (AvgIpc) is 3.18. The Balaban J connectivity index is 1.75. The van der Waals surface area contributed by atoms with Crippen molar-refractivity contribution in [3.8, 4) is 11.5 Å². The first-order valence-electron chi connectivity index (χ1n) is 8.45. The zero-order valence-electron chi connectivity index (χ0n) is 14.1. The van der Waals surface area contributed by atoms with Crippen LogP contribution in [-0.4, -0.2) is 45.2 Å². The smallest absolute Gasteiger partial charge is 0.220 e. The number of carbonyl (C=O) groups is 1. The predicted molar refractivity (Wildman–Crippen MR) is 86.3 cm³/mol. The molecule has 3 aliphatic rings. The molecule has 0 aromatic heterocycles. The third-order valence-corrected chi connectivity index (χ3v) is 5.63. The molecule has 1 spiro atoms. The third kappa shape index (κ3) is 2.20. The first-order chi connectivity index (χ1) is 11.6. The van der Waals surface area contributed by atoms with Crippen molar-refractivity contribution in [1.29, 1.82) is 0 Å². The van der Waals surface area contributed by atoms with Gasteiger partial charge in [0, 0.05) is 37.3 Å². The number of carbonyl (C=O) groups excluding carboxylic acids is 1. The van der Waals surface area contributed by atoms with E-state index in [0.29, 0.717) is 31.8 Å². The number of amides is 1. The van der Waals surface area contributed by atoms with Crippen molar-refractivity contribution < 1.29 is 23.7 Å². The van der Waals surface area contributed by atoms with Crippen LogP contribution in [0.5, 0.6) is 11.5 Å². The van der Waals surface area contributed by atoms with Crippen LogP contribution in [0.25, 0.3) is 0 Å². The summed E-state index contributed by atoms with van der Waals surface area (Å²) in [5.74, 6) is 0.916. The lowest BCUT2D eigenvalue weighted by Crippen LogP contribution is -2.52. The highest BCUT2D eigenvalue weighted by atomic mass is 16.7. The molecule has 130 valence electrons. The van der Waals surface area contributed by atoms with Gasteiger partial charge >= 0.3 is 0 Å². The number of benzene rings is 1. The minimum atomic E-state index is -0.563. The summed E-state index contributed by atoms with van der Waals surface area (Å²) in [6, 6.07) is 5.90. The number of rotatable bonds is 3. The Hall–Kier alpha value is -1.79. The van der Waals surface area contributed by atoms with E-state index in [1.165, 1.54) is 0 Å². The Morgan fingerprint density at radius 2 is 2.12 bits per heavy atom. The normalized spacial score (nSPS) is 29.7. The van der Waals surface area contributed by atoms with Crippen molar-refractivity contribution in [3.05, 3.63) is 23.8 Å². The van der Waals surface area contributed by atoms with Gasteiger partial charge < -0.3 is 24.3 Å². The summed E-state index contributed by atoms with van der Waals surface area (Å²) in [6.07, 6.45) is 2.41. The van der Waals surface area contributed by atoms with Gasteiger partial charge in [-0.25, -0.2) is 0 Å². The van der Waals surface area contributed by atoms with Gasteiger partial charge in [-0.2, -0.15) is 0 Å². The average molecular weight is 333 g/mol. The van der Waals surface area contributed by atoms with E-state index in [0.717, 1.165) is 24.2 Å². The maximum Gasteiger partial charge on any atom is 0.220 e. The highest BCUT2D eigenvalue weighted by Crippen LogP contribution is 2.57. The van der Waals surface area contributed by atoms with E-state index in [-0.39, 0.29) is 17.4 Å². The molecule has 0 bridgehead atoms. The van der Waals surface area contributed by atoms with Crippen molar-refractivity contribution in [3.63, 3.8) is 0 Å². The van der Waals surface area contributed by atoms with Crippen LogP contribution in [0, 0.1) is 0 Å². The molecule has 24 heavy (non-hydrogen) atoms. The van der Waals surface area contributed by atoms with Gasteiger partial charge in [-0.05, 0) is 12.5 Å². The minimum absolute atomic E-state index is 0.0171. The Bertz CT molecular complexity index is 655. The van der Waals surface area contributed by atoms with Gasteiger partial charge in [0.1, 0.15) is 6.10 Å². The standard InChI is InChI=1S/C18H23NO5/c1-19-15(20)11-17-6-7-18(22-8-9-23-18)10-14(17)24-16-12(17)4-3-5-13(16)21-2/h3-5,14H,6-11H2,1-2H3,(H,19,20)/t14-,17+/m0/s1. The molecule has 1 amide bonds. The fourth-order valence-corrected chi connectivity index (χ4v) is 4.38. The van der Waals surface area contributed by atoms with Crippen LogP contribution in [0.4, 0.5) is 0 Å². The molecule has 2 heterocycles. The zero-order chi connectivity index (χ0) is 16.8. The molecule has 1 aliphatic carbocycles. The molecule has 1 saturated heterocycles. The third-order valence-electron chi connectivity index (χ3n) is 5.63. The van der Waals surface area contributed by atoms with Crippen molar-refractivity contribution >= 4 is 5.91 Å². The van der Waals surface area contributed by atoms with Gasteiger partial charge in [0.2, 0.25) is 5.91 Å². The lowest BCUT2D eigenvalue weighted by molar-refractivity contribution is -0.203. The summed E-state index contributed by atoms with van der Waals surface area (Å²) >= 11 is 0. The Morgan fingerprint density at radius 1 is 1.33 bits per heavy atom. The molecule has 2 atom stereocenters. The number of fused-ring (bicyclic) bond motifs is 3. The van der Waals surface area contributed by atoms with E-state index in [1.54, 1.807) is 14.2 Å². The van der Waals surface area contributed by atoms with Gasteiger partial charge in [0.25, 0.3) is 0 Å². The maximum absolute atomic E-state index is 12.2. The lowest BCUT2D eigenvalue weighted by atomic mass is 9.65. The highest BCUT2D eigenvalue weighted by Gasteiger charge is 2.59. The van der Waals surface area contributed by atoms with Crippen LogP contribution in [0.15, 0.2) is 18.2 Å². The van der Waals surface area contributed by atoms with E-state index < -0.39 is 5.79 Å². The Morgan fingerprint density at radius 3 is 2.83 bits per heavy atom. The molecule has 2 fully saturated rings. The van der Waals surface area contributed by atoms with Crippen molar-refractivity contribution in [2.45, 2.75) is 43.0 Å². The summed E-state index contributed by atoms with van der Waals surface area (Å²) in [6.45, 7) is 1.23. The fourth-order valence-electron chi connectivity index (χ4n) is 4.38. The predicted octanol–water partition coefficient (Wildman–Crippen LogP) is 1.76. The van der Waals surface area contributed by atoms with E-state index in [4.69, 9.17) is 18.9 Å². The van der Waals surface area contributed by atoms with E-state index in [2.05, 4.69) is 11.4 Å². The van der Waals surface area contributed by atoms with Crippen molar-refractivity contribution in [2.75, 3.05) is 27.4 Å². The molecular weight excluding hydrogens is 310 g/mol. The monoisotopic (exact) mass is 333 g/mol. The molecule has 1 N–H and O–H groups in total. The molecule has 6 heteroatoms. The summed E-state index contributed by atoms with van der Waals surface area (Å²) in [5, 5.41) is 2.75. The molecule has 0 unspecified atom stereocenters. The molecule has 4 rings (SSSR count). The lowest BCUT2D eigenvalue weighted by Gasteiger charge is -2.44. The number of hydrogen-bond acceptors (Lipinski definition) is 5. The van der Waals surface area contributed by atoms with Crippen LogP contribution in [0.1, 0.15) is 31.2 Å². The van der Waals surface area contributed by atoms with Crippen LogP contribution in [0.3, 0.4) is 0 Å². The van der Waals surface area contributed by atoms with Gasteiger partial charge in [-0.15, -0.1) is 0 Å². The molecular formula is C18H23NO5. The number of nitrogens with one attached hydrogen (secondary N) is 1. The fraction of sp³-hybridized carbons (Fsp3) is 0.611. The molecule has 2 aliphatic heterocycles. The van der Waals surface area contributed by atoms with Crippen molar-refractivity contribution in [2.24, 2.45) is 0 Å². The van der Waals surface area contributed by atoms with Crippen LogP contribution >= 0.6 is 0 Å². The SMILES string of the molecule is CNC(=O)C[C@@]12CCC3(C[C@@H]1Oc1c(OC)cccc12)OCCO3. The van der Waals surface area contributed by atoms with E-state index in [9.17, 15) is 4.79 Å². The molecule has 1 aromatic rings. The van der Waals surface area contributed by atoms with Crippen LogP contribution in [-0.2, 0) is 19.7 Å². The maximum atomic E-state index is 12.2. The Labute approximate surface area is 141 Å². The van der Waals surface area contributed by atoms with Gasteiger partial charge in [-0.1, -0.05) is 12.1 Å². The largest absolute Gasteiger partial charge is 0.493 e. The van der Waals surface area contributed by atoms with Crippen LogP contribution < -0.4 is 14.8 Å². The number of para-hydroxylation sites is 1. The van der Waals surface area contributed by atoms with Crippen molar-refractivity contribution in [1.82, 2.24) is 5.32 Å². The second kappa shape index (κ2) is 5.63. The zero-order valence-corrected chi connectivity index (χ0v) is 14.1. The summed E-state index contributed by atoms with van der Waals surface area (Å²) < 4.78 is 23.5. The number of methoxy groups -OCH3 is 1. The minimum Gasteiger partial charge on any atom is -0.493 e. The molecule has 0 radical (unpaired) electrons. The molecule has 1 aromatic carbocycles. The van der Waals surface area contributed by atoms with Gasteiger partial charge in [0.05, 0.1) is 20.3 Å². The second-order valence-electron chi connectivity index (χ2n) is 6.76. The number of ether oxygens (including phenoxy) is 4. The first kappa shape index (κ1) is 15.7. The van der Waals surface area contributed by atoms with E-state index >= 15 is 0 Å². The number of hydrogen-bond donors (Lipinski definition) is 1. The second-order valence-corrected chi connectivity index (χ2v) is 6.76. The Kier molecular flexibility index (Phi) is 3.69. The van der Waals surface area contributed by atoms with Crippen LogP contribution in [0.2, 0.25) is 0 Å². The van der Waals surface area contributed by atoms with Gasteiger partial charge in [-0.3, -0.25) is 4.79 Å². The molecule has 6 nitrogen and oxygen atoms in total. The molecule has 1 saturated carbocycles. The topological polar surface area (TPSA) is 66.0 Å². The highest BCUT2D eigenvalue weighted by molar-refractivity contribution is 5.78.